The lowest BCUT2D eigenvalue weighted by Crippen LogP contribution is -2.21. The van der Waals surface area contributed by atoms with Crippen molar-refractivity contribution in [3.63, 3.8) is 0 Å². The van der Waals surface area contributed by atoms with Crippen molar-refractivity contribution in [3.8, 4) is 0 Å². The van der Waals surface area contributed by atoms with Crippen LogP contribution in [0, 0.1) is 15.9 Å². The number of nitrogens with one attached hydrogen (secondary N) is 1. The Morgan fingerprint density at radius 3 is 2.72 bits per heavy atom. The highest BCUT2D eigenvalue weighted by molar-refractivity contribution is 5.34. The van der Waals surface area contributed by atoms with Crippen molar-refractivity contribution in [2.75, 3.05) is 27.2 Å². The normalized spacial score (nSPS) is 10.9. The number of halogens is 1. The van der Waals surface area contributed by atoms with Gasteiger partial charge < -0.3 is 10.2 Å². The Morgan fingerprint density at radius 2 is 2.17 bits per heavy atom. The molecule has 100 valence electrons. The highest BCUT2D eigenvalue weighted by Gasteiger charge is 2.13. The molecular weight excluding hydrogens is 237 g/mol. The fraction of sp³-hybridized carbons (Fsp3) is 0.500. The van der Waals surface area contributed by atoms with Gasteiger partial charge in [0.05, 0.1) is 4.92 Å². The Labute approximate surface area is 106 Å². The first-order chi connectivity index (χ1) is 8.50. The van der Waals surface area contributed by atoms with Crippen molar-refractivity contribution in [2.45, 2.75) is 13.0 Å². The molecule has 0 atom stereocenters. The van der Waals surface area contributed by atoms with Crippen LogP contribution in [0.4, 0.5) is 10.1 Å². The van der Waals surface area contributed by atoms with Crippen LogP contribution in [0.25, 0.3) is 0 Å². The molecule has 0 spiro atoms. The van der Waals surface area contributed by atoms with Crippen LogP contribution >= 0.6 is 0 Å². The van der Waals surface area contributed by atoms with Crippen LogP contribution in [0.5, 0.6) is 0 Å². The summed E-state index contributed by atoms with van der Waals surface area (Å²) in [4.78, 5) is 11.8. The van der Waals surface area contributed by atoms with Crippen LogP contribution in [0.15, 0.2) is 18.2 Å². The van der Waals surface area contributed by atoms with E-state index in [1.54, 1.807) is 6.07 Å². The van der Waals surface area contributed by atoms with Crippen molar-refractivity contribution >= 4 is 5.69 Å². The Hall–Kier alpha value is -1.53. The van der Waals surface area contributed by atoms with Gasteiger partial charge in [-0.3, -0.25) is 10.1 Å². The smallest absolute Gasteiger partial charge is 0.304 e. The van der Waals surface area contributed by atoms with E-state index in [9.17, 15) is 14.5 Å². The van der Waals surface area contributed by atoms with Crippen molar-refractivity contribution in [1.82, 2.24) is 10.2 Å². The van der Waals surface area contributed by atoms with Crippen LogP contribution in [-0.2, 0) is 6.54 Å². The van der Waals surface area contributed by atoms with E-state index >= 15 is 0 Å². The lowest BCUT2D eigenvalue weighted by molar-refractivity contribution is -0.387. The Bertz CT molecular complexity index is 410. The molecular formula is C12H18FN3O2. The predicted molar refractivity (Wildman–Crippen MR) is 67.9 cm³/mol. The van der Waals surface area contributed by atoms with Gasteiger partial charge >= 0.3 is 5.69 Å². The number of rotatable bonds is 7. The van der Waals surface area contributed by atoms with Gasteiger partial charge in [-0.1, -0.05) is 6.07 Å². The SMILES string of the molecule is CN(C)CCCNCc1ccc([N+](=O)[O-])c(F)c1. The number of hydrogen-bond acceptors (Lipinski definition) is 4. The monoisotopic (exact) mass is 255 g/mol. The first-order valence-corrected chi connectivity index (χ1v) is 5.79. The van der Waals surface area contributed by atoms with Gasteiger partial charge in [0.15, 0.2) is 0 Å². The molecule has 1 aromatic carbocycles. The summed E-state index contributed by atoms with van der Waals surface area (Å²) in [6, 6.07) is 3.98. The summed E-state index contributed by atoms with van der Waals surface area (Å²) < 4.78 is 13.3. The molecule has 0 bridgehead atoms. The predicted octanol–water partition coefficient (Wildman–Crippen LogP) is 1.78. The van der Waals surface area contributed by atoms with E-state index in [2.05, 4.69) is 10.2 Å². The molecule has 0 aromatic heterocycles. The maximum Gasteiger partial charge on any atom is 0.304 e. The summed E-state index contributed by atoms with van der Waals surface area (Å²) in [6.45, 7) is 2.33. The number of nitro benzene ring substituents is 1. The van der Waals surface area contributed by atoms with Gasteiger partial charge in [0.25, 0.3) is 0 Å². The second kappa shape index (κ2) is 7.03. The number of benzene rings is 1. The van der Waals surface area contributed by atoms with Crippen LogP contribution in [0.2, 0.25) is 0 Å². The molecule has 0 aliphatic carbocycles. The topological polar surface area (TPSA) is 58.4 Å². The van der Waals surface area contributed by atoms with Gasteiger partial charge in [0, 0.05) is 12.6 Å². The van der Waals surface area contributed by atoms with E-state index in [-0.39, 0.29) is 0 Å². The maximum absolute atomic E-state index is 13.3. The zero-order chi connectivity index (χ0) is 13.5. The first-order valence-electron chi connectivity index (χ1n) is 5.79. The second-order valence-corrected chi connectivity index (χ2v) is 4.38. The van der Waals surface area contributed by atoms with Crippen LogP contribution in [-0.4, -0.2) is 37.0 Å². The average Bonchev–Trinajstić information content (AvgIpc) is 2.27. The minimum Gasteiger partial charge on any atom is -0.313 e. The standard InChI is InChI=1S/C12H18FN3O2/c1-15(2)7-3-6-14-9-10-4-5-12(16(17)18)11(13)8-10/h4-5,8,14H,3,6-7,9H2,1-2H3. The zero-order valence-corrected chi connectivity index (χ0v) is 10.6. The van der Waals surface area contributed by atoms with Crippen LogP contribution in [0.1, 0.15) is 12.0 Å². The molecule has 0 fully saturated rings. The molecule has 0 unspecified atom stereocenters. The Balaban J connectivity index is 2.39. The third kappa shape index (κ3) is 4.77. The van der Waals surface area contributed by atoms with Gasteiger partial charge in [-0.15, -0.1) is 0 Å². The molecule has 1 aromatic rings. The first kappa shape index (κ1) is 14.5. The van der Waals surface area contributed by atoms with Crippen molar-refractivity contribution in [1.29, 1.82) is 0 Å². The lowest BCUT2D eigenvalue weighted by Gasteiger charge is -2.09. The van der Waals surface area contributed by atoms with E-state index in [0.29, 0.717) is 12.1 Å². The molecule has 0 radical (unpaired) electrons. The third-order valence-electron chi connectivity index (χ3n) is 2.50. The van der Waals surface area contributed by atoms with Crippen LogP contribution in [0.3, 0.4) is 0 Å². The van der Waals surface area contributed by atoms with Gasteiger partial charge in [0.2, 0.25) is 5.82 Å². The largest absolute Gasteiger partial charge is 0.313 e. The maximum atomic E-state index is 13.3. The molecule has 1 rings (SSSR count). The molecule has 1 N–H and O–H groups in total. The minimum atomic E-state index is -0.785. The fourth-order valence-electron chi connectivity index (χ4n) is 1.56. The summed E-state index contributed by atoms with van der Waals surface area (Å²) in [7, 11) is 4.01. The van der Waals surface area contributed by atoms with Crippen LogP contribution < -0.4 is 5.32 Å². The summed E-state index contributed by atoms with van der Waals surface area (Å²) in [5.41, 5.74) is 0.231. The van der Waals surface area contributed by atoms with E-state index < -0.39 is 16.4 Å². The van der Waals surface area contributed by atoms with E-state index in [1.807, 2.05) is 14.1 Å². The molecule has 6 heteroatoms. The van der Waals surface area contributed by atoms with Gasteiger partial charge in [-0.2, -0.15) is 4.39 Å². The summed E-state index contributed by atoms with van der Waals surface area (Å²) in [5.74, 6) is -0.785. The Kier molecular flexibility index (Phi) is 5.67. The highest BCUT2D eigenvalue weighted by Crippen LogP contribution is 2.17. The molecule has 0 saturated carbocycles. The highest BCUT2D eigenvalue weighted by atomic mass is 19.1. The van der Waals surface area contributed by atoms with Gasteiger partial charge in [-0.25, -0.2) is 0 Å². The molecule has 0 aliphatic heterocycles. The molecule has 0 saturated heterocycles. The molecule has 0 amide bonds. The van der Waals surface area contributed by atoms with Gasteiger partial charge in [0.1, 0.15) is 0 Å². The number of hydrogen-bond donors (Lipinski definition) is 1. The minimum absolute atomic E-state index is 0.480. The number of nitro groups is 1. The van der Waals surface area contributed by atoms with Crippen molar-refractivity contribution < 1.29 is 9.31 Å². The zero-order valence-electron chi connectivity index (χ0n) is 10.6. The lowest BCUT2D eigenvalue weighted by atomic mass is 10.2. The molecule has 18 heavy (non-hydrogen) atoms. The number of nitrogens with zero attached hydrogens (tertiary/aromatic N) is 2. The van der Waals surface area contributed by atoms with E-state index in [0.717, 1.165) is 19.5 Å². The molecule has 0 heterocycles. The van der Waals surface area contributed by atoms with Crippen molar-refractivity contribution in [2.24, 2.45) is 0 Å². The van der Waals surface area contributed by atoms with E-state index in [4.69, 9.17) is 0 Å². The summed E-state index contributed by atoms with van der Waals surface area (Å²) in [6.07, 6.45) is 1.00. The summed E-state index contributed by atoms with van der Waals surface area (Å²) >= 11 is 0. The third-order valence-corrected chi connectivity index (χ3v) is 2.50. The quantitative estimate of drug-likeness (QED) is 0.458. The van der Waals surface area contributed by atoms with Gasteiger partial charge in [-0.05, 0) is 45.2 Å². The summed E-state index contributed by atoms with van der Waals surface area (Å²) in [5, 5.41) is 13.6. The fourth-order valence-corrected chi connectivity index (χ4v) is 1.56. The Morgan fingerprint density at radius 1 is 1.44 bits per heavy atom. The average molecular weight is 255 g/mol. The molecule has 0 aliphatic rings. The van der Waals surface area contributed by atoms with E-state index in [1.165, 1.54) is 12.1 Å². The second-order valence-electron chi connectivity index (χ2n) is 4.38. The molecule has 5 nitrogen and oxygen atoms in total. The van der Waals surface area contributed by atoms with Crippen molar-refractivity contribution in [3.05, 3.63) is 39.7 Å².